The molecule has 0 amide bonds. The van der Waals surface area contributed by atoms with E-state index in [1.54, 1.807) is 11.8 Å². The smallest absolute Gasteiger partial charge is 0.0347 e. The van der Waals surface area contributed by atoms with Crippen LogP contribution in [-0.4, -0.2) is 12.0 Å². The Hall–Kier alpha value is -0.280. The number of aryl methyl sites for hydroxylation is 1. The summed E-state index contributed by atoms with van der Waals surface area (Å²) in [5.41, 5.74) is 8.09. The van der Waals surface area contributed by atoms with E-state index < -0.39 is 0 Å². The summed E-state index contributed by atoms with van der Waals surface area (Å²) in [6, 6.07) is 6.27. The van der Waals surface area contributed by atoms with Crippen molar-refractivity contribution in [3.63, 3.8) is 0 Å². The molecule has 1 rings (SSSR count). The first-order valence-corrected chi connectivity index (χ1v) is 6.67. The monoisotopic (exact) mass is 227 g/mol. The topological polar surface area (TPSA) is 26.0 Å². The fourth-order valence-electron chi connectivity index (χ4n) is 1.35. The Bertz CT molecular complexity index is 287. The SMILES string of the molecule is CSc1ccc(N)c(CCCCS)c1. The van der Waals surface area contributed by atoms with Crippen molar-refractivity contribution in [2.75, 3.05) is 17.7 Å². The molecular weight excluding hydrogens is 210 g/mol. The molecule has 0 fully saturated rings. The number of rotatable bonds is 5. The van der Waals surface area contributed by atoms with Crippen molar-refractivity contribution in [3.8, 4) is 0 Å². The Balaban J connectivity index is 2.64. The highest BCUT2D eigenvalue weighted by atomic mass is 32.2. The van der Waals surface area contributed by atoms with Crippen molar-refractivity contribution >= 4 is 30.1 Å². The minimum atomic E-state index is 0.918. The zero-order valence-corrected chi connectivity index (χ0v) is 10.2. The van der Waals surface area contributed by atoms with Gasteiger partial charge in [0.15, 0.2) is 0 Å². The number of nitrogens with two attached hydrogens (primary N) is 1. The van der Waals surface area contributed by atoms with Crippen LogP contribution in [-0.2, 0) is 6.42 Å². The molecule has 0 aliphatic carbocycles. The highest BCUT2D eigenvalue weighted by Gasteiger charge is 2.00. The Labute approximate surface area is 95.9 Å². The molecular formula is C11H17NS2. The maximum atomic E-state index is 5.90. The van der Waals surface area contributed by atoms with Gasteiger partial charge in [-0.2, -0.15) is 12.6 Å². The number of hydrogen-bond acceptors (Lipinski definition) is 3. The van der Waals surface area contributed by atoms with Crippen LogP contribution in [0.1, 0.15) is 18.4 Å². The lowest BCUT2D eigenvalue weighted by Gasteiger charge is -2.06. The summed E-state index contributed by atoms with van der Waals surface area (Å²) >= 11 is 5.96. The van der Waals surface area contributed by atoms with E-state index in [1.165, 1.54) is 16.9 Å². The van der Waals surface area contributed by atoms with E-state index in [0.29, 0.717) is 0 Å². The largest absolute Gasteiger partial charge is 0.399 e. The first kappa shape index (κ1) is 11.8. The molecule has 0 aromatic heterocycles. The van der Waals surface area contributed by atoms with Gasteiger partial charge in [0, 0.05) is 10.6 Å². The van der Waals surface area contributed by atoms with Crippen LogP contribution in [0.25, 0.3) is 0 Å². The van der Waals surface area contributed by atoms with Crippen molar-refractivity contribution in [1.82, 2.24) is 0 Å². The molecule has 14 heavy (non-hydrogen) atoms. The molecule has 0 saturated heterocycles. The molecule has 0 atom stereocenters. The zero-order chi connectivity index (χ0) is 10.4. The van der Waals surface area contributed by atoms with Gasteiger partial charge in [-0.25, -0.2) is 0 Å². The fraction of sp³-hybridized carbons (Fsp3) is 0.455. The summed E-state index contributed by atoms with van der Waals surface area (Å²) in [4.78, 5) is 1.29. The summed E-state index contributed by atoms with van der Waals surface area (Å²) in [6.07, 6.45) is 5.49. The van der Waals surface area contributed by atoms with Gasteiger partial charge >= 0.3 is 0 Å². The molecule has 3 heteroatoms. The highest BCUT2D eigenvalue weighted by molar-refractivity contribution is 7.98. The third kappa shape index (κ3) is 3.46. The molecule has 1 nitrogen and oxygen atoms in total. The van der Waals surface area contributed by atoms with Crippen molar-refractivity contribution in [1.29, 1.82) is 0 Å². The number of benzene rings is 1. The second kappa shape index (κ2) is 6.25. The molecule has 0 saturated carbocycles. The van der Waals surface area contributed by atoms with Gasteiger partial charge in [-0.15, -0.1) is 11.8 Å². The number of thiol groups is 1. The number of anilines is 1. The van der Waals surface area contributed by atoms with Crippen molar-refractivity contribution in [2.45, 2.75) is 24.2 Å². The van der Waals surface area contributed by atoms with Crippen LogP contribution in [0.4, 0.5) is 5.69 Å². The fourth-order valence-corrected chi connectivity index (χ4v) is 2.04. The van der Waals surface area contributed by atoms with Crippen LogP contribution in [0.2, 0.25) is 0 Å². The Morgan fingerprint density at radius 1 is 1.36 bits per heavy atom. The minimum Gasteiger partial charge on any atom is -0.399 e. The van der Waals surface area contributed by atoms with Gasteiger partial charge in [0.05, 0.1) is 0 Å². The lowest BCUT2D eigenvalue weighted by molar-refractivity contribution is 0.804. The molecule has 1 aromatic rings. The van der Waals surface area contributed by atoms with Gasteiger partial charge in [0.1, 0.15) is 0 Å². The van der Waals surface area contributed by atoms with E-state index in [1.807, 2.05) is 6.07 Å². The molecule has 0 spiro atoms. The van der Waals surface area contributed by atoms with E-state index in [0.717, 1.165) is 24.3 Å². The summed E-state index contributed by atoms with van der Waals surface area (Å²) in [6.45, 7) is 0. The Kier molecular flexibility index (Phi) is 5.26. The van der Waals surface area contributed by atoms with Crippen molar-refractivity contribution in [2.24, 2.45) is 0 Å². The first-order valence-electron chi connectivity index (χ1n) is 4.81. The first-order chi connectivity index (χ1) is 6.77. The molecule has 0 unspecified atom stereocenters. The third-order valence-electron chi connectivity index (χ3n) is 2.20. The number of thioether (sulfide) groups is 1. The molecule has 0 bridgehead atoms. The van der Waals surface area contributed by atoms with Crippen LogP contribution in [0.15, 0.2) is 23.1 Å². The second-order valence-electron chi connectivity index (χ2n) is 3.25. The predicted molar refractivity (Wildman–Crippen MR) is 69.4 cm³/mol. The average Bonchev–Trinajstić information content (AvgIpc) is 2.21. The average molecular weight is 227 g/mol. The molecule has 2 N–H and O–H groups in total. The lowest BCUT2D eigenvalue weighted by Crippen LogP contribution is -1.95. The number of unbranched alkanes of at least 4 members (excludes halogenated alkanes) is 1. The normalized spacial score (nSPS) is 10.4. The van der Waals surface area contributed by atoms with Gasteiger partial charge in [-0.3, -0.25) is 0 Å². The maximum Gasteiger partial charge on any atom is 0.0347 e. The molecule has 0 heterocycles. The zero-order valence-electron chi connectivity index (χ0n) is 8.49. The van der Waals surface area contributed by atoms with Crippen LogP contribution in [0.3, 0.4) is 0 Å². The molecule has 1 aromatic carbocycles. The van der Waals surface area contributed by atoms with Crippen molar-refractivity contribution in [3.05, 3.63) is 23.8 Å². The van der Waals surface area contributed by atoms with Crippen LogP contribution < -0.4 is 5.73 Å². The third-order valence-corrected chi connectivity index (χ3v) is 3.25. The Morgan fingerprint density at radius 3 is 2.79 bits per heavy atom. The molecule has 0 aliphatic rings. The van der Waals surface area contributed by atoms with E-state index in [2.05, 4.69) is 31.0 Å². The minimum absolute atomic E-state index is 0.918. The van der Waals surface area contributed by atoms with E-state index in [4.69, 9.17) is 5.73 Å². The van der Waals surface area contributed by atoms with Crippen LogP contribution in [0, 0.1) is 0 Å². The van der Waals surface area contributed by atoms with Gasteiger partial charge < -0.3 is 5.73 Å². The quantitative estimate of drug-likeness (QED) is 0.349. The lowest BCUT2D eigenvalue weighted by atomic mass is 10.1. The van der Waals surface area contributed by atoms with E-state index in [-0.39, 0.29) is 0 Å². The van der Waals surface area contributed by atoms with E-state index >= 15 is 0 Å². The molecule has 78 valence electrons. The summed E-state index contributed by atoms with van der Waals surface area (Å²) in [5.74, 6) is 0.960. The maximum absolute atomic E-state index is 5.90. The van der Waals surface area contributed by atoms with Gasteiger partial charge in [0.25, 0.3) is 0 Å². The summed E-state index contributed by atoms with van der Waals surface area (Å²) in [5, 5.41) is 0. The van der Waals surface area contributed by atoms with Gasteiger partial charge in [-0.1, -0.05) is 0 Å². The van der Waals surface area contributed by atoms with Gasteiger partial charge in [-0.05, 0) is 55.0 Å². The summed E-state index contributed by atoms with van der Waals surface area (Å²) < 4.78 is 0. The Morgan fingerprint density at radius 2 is 2.14 bits per heavy atom. The number of nitrogen functional groups attached to an aromatic ring is 1. The molecule has 0 radical (unpaired) electrons. The van der Waals surface area contributed by atoms with Gasteiger partial charge in [0.2, 0.25) is 0 Å². The van der Waals surface area contributed by atoms with Crippen LogP contribution in [0.5, 0.6) is 0 Å². The van der Waals surface area contributed by atoms with Crippen LogP contribution >= 0.6 is 24.4 Å². The van der Waals surface area contributed by atoms with Crippen molar-refractivity contribution < 1.29 is 0 Å². The number of hydrogen-bond donors (Lipinski definition) is 2. The highest BCUT2D eigenvalue weighted by Crippen LogP contribution is 2.22. The standard InChI is InChI=1S/C11H17NS2/c1-14-10-5-6-11(12)9(8-10)4-2-3-7-13/h5-6,8,13H,2-4,7,12H2,1H3. The summed E-state index contributed by atoms with van der Waals surface area (Å²) in [7, 11) is 0. The van der Waals surface area contributed by atoms with E-state index in [9.17, 15) is 0 Å². The molecule has 0 aliphatic heterocycles. The second-order valence-corrected chi connectivity index (χ2v) is 4.57. The predicted octanol–water partition coefficient (Wildman–Crippen LogP) is 3.24.